The molecule has 1 aromatic heterocycles. The van der Waals surface area contributed by atoms with Crippen LogP contribution in [0.1, 0.15) is 18.2 Å². The van der Waals surface area contributed by atoms with Crippen molar-refractivity contribution in [3.8, 4) is 0 Å². The topological polar surface area (TPSA) is 38.9 Å². The molecular weight excluding hydrogens is 148 g/mol. The van der Waals surface area contributed by atoms with Crippen molar-refractivity contribution in [1.29, 1.82) is 0 Å². The number of rotatable bonds is 2. The van der Waals surface area contributed by atoms with E-state index in [1.165, 1.54) is 0 Å². The lowest BCUT2D eigenvalue weighted by Gasteiger charge is -2.02. The van der Waals surface area contributed by atoms with Crippen molar-refractivity contribution in [3.63, 3.8) is 0 Å². The molecule has 0 amide bonds. The smallest absolute Gasteiger partial charge is 0.0719 e. The summed E-state index contributed by atoms with van der Waals surface area (Å²) in [6.45, 7) is 5.62. The van der Waals surface area contributed by atoms with Crippen LogP contribution in [0.15, 0.2) is 24.9 Å². The van der Waals surface area contributed by atoms with Crippen molar-refractivity contribution in [2.24, 2.45) is 0 Å². The lowest BCUT2D eigenvalue weighted by molar-refractivity contribution is 1.28. The Morgan fingerprint density at radius 2 is 2.33 bits per heavy atom. The van der Waals surface area contributed by atoms with Crippen molar-refractivity contribution >= 4 is 17.8 Å². The normalized spacial score (nSPS) is 10.4. The highest BCUT2D eigenvalue weighted by atomic mass is 14.7. The fourth-order valence-electron chi connectivity index (χ4n) is 1.02. The molecule has 0 spiro atoms. The van der Waals surface area contributed by atoms with Gasteiger partial charge in [-0.15, -0.1) is 0 Å². The predicted octanol–water partition coefficient (Wildman–Crippen LogP) is 2.34. The summed E-state index contributed by atoms with van der Waals surface area (Å²) in [7, 11) is 0. The molecule has 0 aliphatic rings. The number of pyridine rings is 1. The first kappa shape index (κ1) is 8.53. The van der Waals surface area contributed by atoms with E-state index in [1.807, 2.05) is 19.1 Å². The molecule has 2 heteroatoms. The quantitative estimate of drug-likeness (QED) is 0.721. The lowest BCUT2D eigenvalue weighted by atomic mass is 10.1. The Hall–Kier alpha value is -1.57. The van der Waals surface area contributed by atoms with Crippen LogP contribution in [0.2, 0.25) is 0 Å². The number of hydrogen-bond acceptors (Lipinski definition) is 2. The van der Waals surface area contributed by atoms with Crippen LogP contribution >= 0.6 is 0 Å². The van der Waals surface area contributed by atoms with Crippen LogP contribution in [-0.2, 0) is 0 Å². The average Bonchev–Trinajstić information content (AvgIpc) is 2.05. The standard InChI is InChI=1S/C10H12N2/c1-3-5-10-8(4-2)9(11)6-7-12-10/h3-7H,2H2,1H3,(H2,11,12)/b5-3-. The summed E-state index contributed by atoms with van der Waals surface area (Å²) in [6.07, 6.45) is 7.25. The summed E-state index contributed by atoms with van der Waals surface area (Å²) < 4.78 is 0. The maximum absolute atomic E-state index is 5.72. The molecule has 12 heavy (non-hydrogen) atoms. The van der Waals surface area contributed by atoms with E-state index in [1.54, 1.807) is 18.3 Å². The highest BCUT2D eigenvalue weighted by Gasteiger charge is 1.99. The summed E-state index contributed by atoms with van der Waals surface area (Å²) in [4.78, 5) is 4.16. The van der Waals surface area contributed by atoms with E-state index in [4.69, 9.17) is 5.73 Å². The molecule has 0 saturated heterocycles. The summed E-state index contributed by atoms with van der Waals surface area (Å²) in [5.41, 5.74) is 8.20. The van der Waals surface area contributed by atoms with E-state index < -0.39 is 0 Å². The third-order valence-electron chi connectivity index (χ3n) is 1.58. The van der Waals surface area contributed by atoms with Gasteiger partial charge in [0.25, 0.3) is 0 Å². The zero-order valence-corrected chi connectivity index (χ0v) is 7.12. The molecule has 2 N–H and O–H groups in total. The van der Waals surface area contributed by atoms with E-state index in [2.05, 4.69) is 11.6 Å². The van der Waals surface area contributed by atoms with E-state index in [9.17, 15) is 0 Å². The molecule has 0 bridgehead atoms. The number of nitrogen functional groups attached to an aromatic ring is 1. The molecule has 0 radical (unpaired) electrons. The molecule has 0 fully saturated rings. The van der Waals surface area contributed by atoms with Gasteiger partial charge < -0.3 is 5.73 Å². The Morgan fingerprint density at radius 3 is 2.92 bits per heavy atom. The number of allylic oxidation sites excluding steroid dienone is 1. The Kier molecular flexibility index (Phi) is 2.64. The maximum atomic E-state index is 5.72. The Labute approximate surface area is 72.4 Å². The fraction of sp³-hybridized carbons (Fsp3) is 0.100. The average molecular weight is 160 g/mol. The second-order valence-electron chi connectivity index (χ2n) is 2.40. The Bertz CT molecular complexity index is 314. The first-order valence-electron chi connectivity index (χ1n) is 3.79. The number of hydrogen-bond donors (Lipinski definition) is 1. The number of aromatic nitrogens is 1. The number of anilines is 1. The molecule has 62 valence electrons. The minimum atomic E-state index is 0.716. The van der Waals surface area contributed by atoms with Crippen LogP contribution in [0.5, 0.6) is 0 Å². The molecule has 0 aromatic carbocycles. The fourth-order valence-corrected chi connectivity index (χ4v) is 1.02. The zero-order chi connectivity index (χ0) is 8.97. The van der Waals surface area contributed by atoms with Crippen LogP contribution in [0.25, 0.3) is 12.2 Å². The molecule has 1 heterocycles. The van der Waals surface area contributed by atoms with Crippen LogP contribution in [0.4, 0.5) is 5.69 Å². The molecule has 0 atom stereocenters. The van der Waals surface area contributed by atoms with Crippen molar-refractivity contribution in [3.05, 3.63) is 36.2 Å². The second-order valence-corrected chi connectivity index (χ2v) is 2.40. The highest BCUT2D eigenvalue weighted by molar-refractivity contribution is 5.71. The van der Waals surface area contributed by atoms with Gasteiger partial charge in [0.2, 0.25) is 0 Å². The molecule has 0 aliphatic carbocycles. The van der Waals surface area contributed by atoms with E-state index in [0.717, 1.165) is 11.3 Å². The van der Waals surface area contributed by atoms with Crippen LogP contribution in [-0.4, -0.2) is 4.98 Å². The van der Waals surface area contributed by atoms with E-state index >= 15 is 0 Å². The van der Waals surface area contributed by atoms with Crippen molar-refractivity contribution in [1.82, 2.24) is 4.98 Å². The van der Waals surface area contributed by atoms with Gasteiger partial charge in [-0.1, -0.05) is 18.7 Å². The molecule has 0 aliphatic heterocycles. The van der Waals surface area contributed by atoms with Gasteiger partial charge in [-0.05, 0) is 19.1 Å². The largest absolute Gasteiger partial charge is 0.398 e. The zero-order valence-electron chi connectivity index (χ0n) is 7.12. The van der Waals surface area contributed by atoms with Gasteiger partial charge in [-0.3, -0.25) is 4.98 Å². The number of nitrogens with zero attached hydrogens (tertiary/aromatic N) is 1. The first-order valence-corrected chi connectivity index (χ1v) is 3.79. The Morgan fingerprint density at radius 1 is 1.58 bits per heavy atom. The van der Waals surface area contributed by atoms with Gasteiger partial charge in [0.15, 0.2) is 0 Å². The molecule has 1 rings (SSSR count). The Balaban J connectivity index is 3.27. The second kappa shape index (κ2) is 3.72. The minimum Gasteiger partial charge on any atom is -0.398 e. The minimum absolute atomic E-state index is 0.716. The van der Waals surface area contributed by atoms with Crippen molar-refractivity contribution in [2.75, 3.05) is 5.73 Å². The lowest BCUT2D eigenvalue weighted by Crippen LogP contribution is -1.93. The molecule has 0 saturated carbocycles. The third kappa shape index (κ3) is 1.53. The molecule has 1 aromatic rings. The molecular formula is C10H12N2. The van der Waals surface area contributed by atoms with Crippen LogP contribution in [0.3, 0.4) is 0 Å². The van der Waals surface area contributed by atoms with Crippen LogP contribution < -0.4 is 5.73 Å². The first-order chi connectivity index (χ1) is 5.79. The van der Waals surface area contributed by atoms with E-state index in [0.29, 0.717) is 5.69 Å². The van der Waals surface area contributed by atoms with Gasteiger partial charge in [0.05, 0.1) is 5.69 Å². The summed E-state index contributed by atoms with van der Waals surface area (Å²) in [5, 5.41) is 0. The maximum Gasteiger partial charge on any atom is 0.0719 e. The molecule has 2 nitrogen and oxygen atoms in total. The van der Waals surface area contributed by atoms with E-state index in [-0.39, 0.29) is 0 Å². The predicted molar refractivity (Wildman–Crippen MR) is 53.4 cm³/mol. The van der Waals surface area contributed by atoms with Gasteiger partial charge in [0.1, 0.15) is 0 Å². The van der Waals surface area contributed by atoms with Gasteiger partial charge in [-0.25, -0.2) is 0 Å². The summed E-state index contributed by atoms with van der Waals surface area (Å²) >= 11 is 0. The van der Waals surface area contributed by atoms with Gasteiger partial charge in [-0.2, -0.15) is 0 Å². The van der Waals surface area contributed by atoms with Gasteiger partial charge in [0, 0.05) is 17.4 Å². The summed E-state index contributed by atoms with van der Waals surface area (Å²) in [6, 6.07) is 1.77. The van der Waals surface area contributed by atoms with Crippen LogP contribution in [0, 0.1) is 0 Å². The van der Waals surface area contributed by atoms with Gasteiger partial charge >= 0.3 is 0 Å². The SMILES string of the molecule is C=Cc1c(N)ccnc1/C=C\C. The molecule has 0 unspecified atom stereocenters. The monoisotopic (exact) mass is 160 g/mol. The highest BCUT2D eigenvalue weighted by Crippen LogP contribution is 2.16. The number of nitrogens with two attached hydrogens (primary N) is 1. The third-order valence-corrected chi connectivity index (χ3v) is 1.58. The van der Waals surface area contributed by atoms with Crippen molar-refractivity contribution in [2.45, 2.75) is 6.92 Å². The summed E-state index contributed by atoms with van der Waals surface area (Å²) in [5.74, 6) is 0. The van der Waals surface area contributed by atoms with Crippen molar-refractivity contribution < 1.29 is 0 Å².